The van der Waals surface area contributed by atoms with Gasteiger partial charge in [0.05, 0.1) is 12.7 Å². The van der Waals surface area contributed by atoms with Crippen molar-refractivity contribution in [3.05, 3.63) is 12.2 Å². The van der Waals surface area contributed by atoms with Crippen LogP contribution in [-0.4, -0.2) is 12.7 Å². The summed E-state index contributed by atoms with van der Waals surface area (Å²) in [5.41, 5.74) is 0. The van der Waals surface area contributed by atoms with E-state index in [2.05, 4.69) is 39.8 Å². The quantitative estimate of drug-likeness (QED) is 0.432. The van der Waals surface area contributed by atoms with Crippen molar-refractivity contribution in [1.29, 1.82) is 0 Å². The smallest absolute Gasteiger partial charge is 0.0650 e. The van der Waals surface area contributed by atoms with Crippen molar-refractivity contribution >= 4 is 0 Å². The average molecular weight is 184 g/mol. The molecule has 1 nitrogen and oxygen atoms in total. The lowest BCUT2D eigenvalue weighted by Gasteiger charge is -2.03. The largest absolute Gasteiger partial charge is 0.375 e. The van der Waals surface area contributed by atoms with Crippen molar-refractivity contribution < 1.29 is 4.74 Å². The molecular formula is C12H24O. The maximum Gasteiger partial charge on any atom is 0.0650 e. The first-order valence-corrected chi connectivity index (χ1v) is 5.39. The van der Waals surface area contributed by atoms with Gasteiger partial charge in [0, 0.05) is 0 Å². The van der Waals surface area contributed by atoms with E-state index in [9.17, 15) is 0 Å². The highest BCUT2D eigenvalue weighted by Crippen LogP contribution is 2.06. The minimum atomic E-state index is 0.348. The lowest BCUT2D eigenvalue weighted by molar-refractivity contribution is 0.102. The Bertz CT molecular complexity index is 125. The Morgan fingerprint density at radius 1 is 1.08 bits per heavy atom. The van der Waals surface area contributed by atoms with Crippen molar-refractivity contribution in [2.45, 2.75) is 53.1 Å². The summed E-state index contributed by atoms with van der Waals surface area (Å²) in [6.07, 6.45) is 8.52. The summed E-state index contributed by atoms with van der Waals surface area (Å²) in [5, 5.41) is 0. The fourth-order valence-electron chi connectivity index (χ4n) is 1.08. The molecule has 0 aliphatic heterocycles. The molecule has 0 aromatic carbocycles. The number of rotatable bonds is 7. The first-order chi connectivity index (χ1) is 6.13. The van der Waals surface area contributed by atoms with Gasteiger partial charge in [0.25, 0.3) is 0 Å². The lowest BCUT2D eigenvalue weighted by atomic mass is 10.1. The maximum atomic E-state index is 5.38. The molecule has 0 amide bonds. The second-order valence-corrected chi connectivity index (χ2v) is 4.18. The number of hydrogen-bond acceptors (Lipinski definition) is 1. The molecule has 0 radical (unpaired) electrons. The summed E-state index contributed by atoms with van der Waals surface area (Å²) in [5.74, 6) is 0.834. The molecule has 0 N–H and O–H groups in total. The van der Waals surface area contributed by atoms with E-state index in [0.717, 1.165) is 12.5 Å². The standard InChI is InChI=1S/C12H24O/c1-11(2)9-7-5-6-8-10-13-12(3)4/h6,8,11-12H,5,7,9-10H2,1-4H3/b8-6+. The van der Waals surface area contributed by atoms with Crippen molar-refractivity contribution in [2.24, 2.45) is 5.92 Å². The Balaban J connectivity index is 3.13. The van der Waals surface area contributed by atoms with Gasteiger partial charge >= 0.3 is 0 Å². The third-order valence-electron chi connectivity index (χ3n) is 1.84. The summed E-state index contributed by atoms with van der Waals surface area (Å²) in [7, 11) is 0. The second kappa shape index (κ2) is 8.31. The molecule has 0 fully saturated rings. The third-order valence-corrected chi connectivity index (χ3v) is 1.84. The fraction of sp³-hybridized carbons (Fsp3) is 0.833. The Morgan fingerprint density at radius 2 is 1.77 bits per heavy atom. The average Bonchev–Trinajstić information content (AvgIpc) is 2.01. The van der Waals surface area contributed by atoms with Gasteiger partial charge in [0.2, 0.25) is 0 Å². The van der Waals surface area contributed by atoms with Crippen LogP contribution in [0.4, 0.5) is 0 Å². The van der Waals surface area contributed by atoms with E-state index < -0.39 is 0 Å². The minimum Gasteiger partial charge on any atom is -0.375 e. The highest BCUT2D eigenvalue weighted by molar-refractivity contribution is 4.81. The third kappa shape index (κ3) is 11.7. The molecule has 0 saturated heterocycles. The van der Waals surface area contributed by atoms with Gasteiger partial charge in [-0.1, -0.05) is 32.4 Å². The fourth-order valence-corrected chi connectivity index (χ4v) is 1.08. The van der Waals surface area contributed by atoms with E-state index in [1.807, 2.05) is 0 Å². The van der Waals surface area contributed by atoms with E-state index in [0.29, 0.717) is 6.10 Å². The molecule has 0 aliphatic carbocycles. The van der Waals surface area contributed by atoms with Crippen molar-refractivity contribution in [3.8, 4) is 0 Å². The van der Waals surface area contributed by atoms with Crippen LogP contribution in [0.3, 0.4) is 0 Å². The van der Waals surface area contributed by atoms with Crippen LogP contribution in [0.1, 0.15) is 47.0 Å². The van der Waals surface area contributed by atoms with Crippen LogP contribution in [-0.2, 0) is 4.74 Å². The molecule has 13 heavy (non-hydrogen) atoms. The van der Waals surface area contributed by atoms with Crippen molar-refractivity contribution in [2.75, 3.05) is 6.61 Å². The Hall–Kier alpha value is -0.300. The van der Waals surface area contributed by atoms with Crippen LogP contribution in [0.25, 0.3) is 0 Å². The molecule has 0 heterocycles. The van der Waals surface area contributed by atoms with Gasteiger partial charge in [-0.15, -0.1) is 0 Å². The van der Waals surface area contributed by atoms with Gasteiger partial charge < -0.3 is 4.74 Å². The maximum absolute atomic E-state index is 5.38. The summed E-state index contributed by atoms with van der Waals surface area (Å²) >= 11 is 0. The van der Waals surface area contributed by atoms with Gasteiger partial charge in [-0.3, -0.25) is 0 Å². The summed E-state index contributed by atoms with van der Waals surface area (Å²) in [4.78, 5) is 0. The van der Waals surface area contributed by atoms with Gasteiger partial charge in [-0.05, 0) is 32.6 Å². The van der Waals surface area contributed by atoms with Crippen LogP contribution >= 0.6 is 0 Å². The summed E-state index contributed by atoms with van der Waals surface area (Å²) < 4.78 is 5.38. The second-order valence-electron chi connectivity index (χ2n) is 4.18. The van der Waals surface area contributed by atoms with E-state index in [-0.39, 0.29) is 0 Å². The number of allylic oxidation sites excluding steroid dienone is 1. The molecule has 0 rings (SSSR count). The number of unbranched alkanes of at least 4 members (excludes halogenated alkanes) is 1. The summed E-state index contributed by atoms with van der Waals surface area (Å²) in [6, 6.07) is 0. The lowest BCUT2D eigenvalue weighted by Crippen LogP contribution is -2.01. The van der Waals surface area contributed by atoms with E-state index in [1.54, 1.807) is 0 Å². The predicted molar refractivity (Wildman–Crippen MR) is 58.9 cm³/mol. The number of ether oxygens (including phenoxy) is 1. The first kappa shape index (κ1) is 12.7. The van der Waals surface area contributed by atoms with E-state index in [4.69, 9.17) is 4.74 Å². The van der Waals surface area contributed by atoms with Crippen molar-refractivity contribution in [3.63, 3.8) is 0 Å². The van der Waals surface area contributed by atoms with Crippen molar-refractivity contribution in [1.82, 2.24) is 0 Å². The van der Waals surface area contributed by atoms with Crippen LogP contribution < -0.4 is 0 Å². The van der Waals surface area contributed by atoms with E-state index in [1.165, 1.54) is 19.3 Å². The molecule has 0 aliphatic rings. The van der Waals surface area contributed by atoms with Crippen LogP contribution in [0.15, 0.2) is 12.2 Å². The molecular weight excluding hydrogens is 160 g/mol. The summed E-state index contributed by atoms with van der Waals surface area (Å²) in [6.45, 7) is 9.43. The van der Waals surface area contributed by atoms with Gasteiger partial charge in [-0.2, -0.15) is 0 Å². The highest BCUT2D eigenvalue weighted by Gasteiger charge is 1.91. The first-order valence-electron chi connectivity index (χ1n) is 5.39. The molecule has 1 heteroatoms. The molecule has 0 bridgehead atoms. The minimum absolute atomic E-state index is 0.348. The molecule has 0 saturated carbocycles. The topological polar surface area (TPSA) is 9.23 Å². The molecule has 0 aromatic heterocycles. The monoisotopic (exact) mass is 184 g/mol. The van der Waals surface area contributed by atoms with Crippen LogP contribution in [0, 0.1) is 5.92 Å². The van der Waals surface area contributed by atoms with E-state index >= 15 is 0 Å². The molecule has 0 unspecified atom stereocenters. The molecule has 0 aromatic rings. The SMILES string of the molecule is CC(C)CCC/C=C/COC(C)C. The molecule has 78 valence electrons. The number of hydrogen-bond donors (Lipinski definition) is 0. The molecule has 0 atom stereocenters. The van der Waals surface area contributed by atoms with Crippen LogP contribution in [0.5, 0.6) is 0 Å². The van der Waals surface area contributed by atoms with Crippen LogP contribution in [0.2, 0.25) is 0 Å². The normalized spacial score (nSPS) is 12.2. The van der Waals surface area contributed by atoms with Gasteiger partial charge in [0.1, 0.15) is 0 Å². The van der Waals surface area contributed by atoms with Gasteiger partial charge in [-0.25, -0.2) is 0 Å². The Labute approximate surface area is 83.2 Å². The Morgan fingerprint density at radius 3 is 2.31 bits per heavy atom. The molecule has 0 spiro atoms. The highest BCUT2D eigenvalue weighted by atomic mass is 16.5. The zero-order valence-corrected chi connectivity index (χ0v) is 9.55. The zero-order chi connectivity index (χ0) is 10.1. The zero-order valence-electron chi connectivity index (χ0n) is 9.55. The Kier molecular flexibility index (Phi) is 8.11. The van der Waals surface area contributed by atoms with Gasteiger partial charge in [0.15, 0.2) is 0 Å². The predicted octanol–water partition coefficient (Wildman–Crippen LogP) is 3.79.